The first kappa shape index (κ1) is 14.7. The summed E-state index contributed by atoms with van der Waals surface area (Å²) in [5, 5.41) is 11.0. The molecule has 1 aromatic carbocycles. The van der Waals surface area contributed by atoms with Gasteiger partial charge < -0.3 is 5.43 Å². The monoisotopic (exact) mass is 278 g/mol. The summed E-state index contributed by atoms with van der Waals surface area (Å²) in [5.41, 5.74) is 3.83. The average Bonchev–Trinajstić information content (AvgIpc) is 2.86. The van der Waals surface area contributed by atoms with Gasteiger partial charge in [-0.3, -0.25) is 20.9 Å². The molecule has 0 bridgehead atoms. The second-order valence-electron chi connectivity index (χ2n) is 5.64. The predicted octanol–water partition coefficient (Wildman–Crippen LogP) is 2.50. The molecule has 0 radical (unpaired) electrons. The number of nitrogen functional groups attached to an aromatic ring is 1. The first-order valence-corrected chi connectivity index (χ1v) is 7.01. The number of para-hydroxylation sites is 1. The molecule has 1 fully saturated rings. The molecule has 1 aromatic rings. The van der Waals surface area contributed by atoms with Crippen LogP contribution in [0.5, 0.6) is 0 Å². The van der Waals surface area contributed by atoms with E-state index in [4.69, 9.17) is 5.84 Å². The van der Waals surface area contributed by atoms with Crippen molar-refractivity contribution in [2.45, 2.75) is 39.3 Å². The highest BCUT2D eigenvalue weighted by Crippen LogP contribution is 2.31. The number of nitrogens with one attached hydrogen (secondary N) is 1. The molecule has 1 aliphatic rings. The molecular formula is C14H22N4O2. The number of nitrogens with zero attached hydrogens (tertiary/aromatic N) is 2. The van der Waals surface area contributed by atoms with Gasteiger partial charge >= 0.3 is 0 Å². The highest BCUT2D eigenvalue weighted by molar-refractivity contribution is 5.65. The van der Waals surface area contributed by atoms with Crippen LogP contribution in [-0.2, 0) is 6.54 Å². The summed E-state index contributed by atoms with van der Waals surface area (Å²) in [6.45, 7) is 6.18. The van der Waals surface area contributed by atoms with Gasteiger partial charge in [0.15, 0.2) is 0 Å². The quantitative estimate of drug-likeness (QED) is 0.491. The Balaban J connectivity index is 2.25. The minimum Gasteiger partial charge on any atom is -0.318 e. The fourth-order valence-electron chi connectivity index (χ4n) is 3.06. The molecule has 1 atom stereocenters. The second-order valence-corrected chi connectivity index (χ2v) is 5.64. The van der Waals surface area contributed by atoms with Crippen LogP contribution in [0.1, 0.15) is 32.3 Å². The second kappa shape index (κ2) is 6.19. The van der Waals surface area contributed by atoms with Crippen molar-refractivity contribution in [2.75, 3.05) is 12.0 Å². The number of nitro groups is 1. The molecule has 110 valence electrons. The van der Waals surface area contributed by atoms with Gasteiger partial charge in [0.05, 0.1) is 4.92 Å². The van der Waals surface area contributed by atoms with Gasteiger partial charge in [-0.1, -0.05) is 26.0 Å². The van der Waals surface area contributed by atoms with Gasteiger partial charge in [0.1, 0.15) is 5.69 Å². The van der Waals surface area contributed by atoms with E-state index in [2.05, 4.69) is 24.2 Å². The largest absolute Gasteiger partial charge is 0.318 e. The molecule has 1 unspecified atom stereocenters. The number of rotatable bonds is 5. The average molecular weight is 278 g/mol. The van der Waals surface area contributed by atoms with Crippen LogP contribution in [0, 0.1) is 16.0 Å². The molecule has 0 aromatic heterocycles. The molecule has 3 N–H and O–H groups in total. The van der Waals surface area contributed by atoms with Crippen LogP contribution >= 0.6 is 0 Å². The van der Waals surface area contributed by atoms with Crippen LogP contribution in [-0.4, -0.2) is 22.4 Å². The van der Waals surface area contributed by atoms with Crippen LogP contribution in [0.15, 0.2) is 18.2 Å². The van der Waals surface area contributed by atoms with E-state index in [9.17, 15) is 10.1 Å². The van der Waals surface area contributed by atoms with E-state index in [0.29, 0.717) is 24.2 Å². The van der Waals surface area contributed by atoms with Gasteiger partial charge in [0.2, 0.25) is 0 Å². The Morgan fingerprint density at radius 1 is 1.55 bits per heavy atom. The summed E-state index contributed by atoms with van der Waals surface area (Å²) < 4.78 is 0. The maximum Gasteiger partial charge on any atom is 0.293 e. The normalized spacial score (nSPS) is 19.5. The van der Waals surface area contributed by atoms with Crippen LogP contribution < -0.4 is 11.3 Å². The molecule has 1 heterocycles. The molecule has 0 amide bonds. The lowest BCUT2D eigenvalue weighted by Gasteiger charge is -2.28. The van der Waals surface area contributed by atoms with Crippen LogP contribution in [0.2, 0.25) is 0 Å². The topological polar surface area (TPSA) is 84.4 Å². The van der Waals surface area contributed by atoms with Crippen molar-refractivity contribution in [1.82, 2.24) is 4.90 Å². The number of anilines is 1. The molecule has 6 nitrogen and oxygen atoms in total. The third-order valence-corrected chi connectivity index (χ3v) is 4.03. The lowest BCUT2D eigenvalue weighted by molar-refractivity contribution is -0.384. The highest BCUT2D eigenvalue weighted by Gasteiger charge is 2.28. The number of nitro benzene ring substituents is 1. The molecule has 0 aliphatic carbocycles. The molecule has 0 spiro atoms. The van der Waals surface area contributed by atoms with E-state index < -0.39 is 4.92 Å². The Bertz CT molecular complexity index is 490. The highest BCUT2D eigenvalue weighted by atomic mass is 16.6. The Labute approximate surface area is 119 Å². The standard InChI is InChI=1S/C14H22N4O2/c1-10(2)12-7-4-8-17(12)9-11-5-3-6-13(18(19)20)14(11)16-15/h3,5-6,10,12,16H,4,7-9,15H2,1-2H3. The summed E-state index contributed by atoms with van der Waals surface area (Å²) in [6.07, 6.45) is 2.38. The van der Waals surface area contributed by atoms with Crippen molar-refractivity contribution < 1.29 is 4.92 Å². The van der Waals surface area contributed by atoms with E-state index in [0.717, 1.165) is 12.1 Å². The van der Waals surface area contributed by atoms with Gasteiger partial charge in [-0.15, -0.1) is 0 Å². The molecule has 1 saturated heterocycles. The fourth-order valence-corrected chi connectivity index (χ4v) is 3.06. The van der Waals surface area contributed by atoms with Crippen molar-refractivity contribution in [2.24, 2.45) is 11.8 Å². The van der Waals surface area contributed by atoms with Crippen LogP contribution in [0.3, 0.4) is 0 Å². The van der Waals surface area contributed by atoms with Crippen LogP contribution in [0.25, 0.3) is 0 Å². The van der Waals surface area contributed by atoms with Crippen molar-refractivity contribution in [3.8, 4) is 0 Å². The van der Waals surface area contributed by atoms with E-state index >= 15 is 0 Å². The summed E-state index contributed by atoms with van der Waals surface area (Å²) in [6, 6.07) is 5.63. The van der Waals surface area contributed by atoms with Crippen molar-refractivity contribution in [1.29, 1.82) is 0 Å². The number of hydrazine groups is 1. The van der Waals surface area contributed by atoms with Crippen molar-refractivity contribution in [3.63, 3.8) is 0 Å². The summed E-state index contributed by atoms with van der Waals surface area (Å²) >= 11 is 0. The van der Waals surface area contributed by atoms with E-state index in [1.54, 1.807) is 6.07 Å². The third-order valence-electron chi connectivity index (χ3n) is 4.03. The zero-order chi connectivity index (χ0) is 14.7. The lowest BCUT2D eigenvalue weighted by atomic mass is 10.0. The first-order valence-electron chi connectivity index (χ1n) is 7.01. The van der Waals surface area contributed by atoms with E-state index in [1.807, 2.05) is 6.07 Å². The Morgan fingerprint density at radius 3 is 2.90 bits per heavy atom. The zero-order valence-electron chi connectivity index (χ0n) is 12.0. The minimum absolute atomic E-state index is 0.0327. The molecule has 1 aliphatic heterocycles. The van der Waals surface area contributed by atoms with Gasteiger partial charge in [0.25, 0.3) is 5.69 Å². The molecule has 2 rings (SSSR count). The maximum atomic E-state index is 11.0. The number of nitrogens with two attached hydrogens (primary N) is 1. The SMILES string of the molecule is CC(C)C1CCCN1Cc1cccc([N+](=O)[O-])c1NN. The number of hydrogen-bond acceptors (Lipinski definition) is 5. The van der Waals surface area contributed by atoms with Gasteiger partial charge in [0, 0.05) is 18.7 Å². The van der Waals surface area contributed by atoms with Gasteiger partial charge in [-0.25, -0.2) is 0 Å². The van der Waals surface area contributed by atoms with E-state index in [-0.39, 0.29) is 5.69 Å². The number of benzene rings is 1. The van der Waals surface area contributed by atoms with Gasteiger partial charge in [-0.2, -0.15) is 0 Å². The Hall–Kier alpha value is -1.66. The predicted molar refractivity (Wildman–Crippen MR) is 79.2 cm³/mol. The molecular weight excluding hydrogens is 256 g/mol. The Morgan fingerprint density at radius 2 is 2.30 bits per heavy atom. The number of hydrogen-bond donors (Lipinski definition) is 2. The van der Waals surface area contributed by atoms with Crippen molar-refractivity contribution >= 4 is 11.4 Å². The van der Waals surface area contributed by atoms with E-state index in [1.165, 1.54) is 18.9 Å². The smallest absolute Gasteiger partial charge is 0.293 e. The minimum atomic E-state index is -0.400. The maximum absolute atomic E-state index is 11.0. The summed E-state index contributed by atoms with van der Waals surface area (Å²) in [4.78, 5) is 13.0. The molecule has 6 heteroatoms. The van der Waals surface area contributed by atoms with Crippen LogP contribution in [0.4, 0.5) is 11.4 Å². The third kappa shape index (κ3) is 2.91. The van der Waals surface area contributed by atoms with Crippen molar-refractivity contribution in [3.05, 3.63) is 33.9 Å². The summed E-state index contributed by atoms with van der Waals surface area (Å²) in [5.74, 6) is 6.07. The zero-order valence-corrected chi connectivity index (χ0v) is 12.0. The lowest BCUT2D eigenvalue weighted by Crippen LogP contribution is -2.33. The number of likely N-dealkylation sites (tertiary alicyclic amines) is 1. The fraction of sp³-hybridized carbons (Fsp3) is 0.571. The summed E-state index contributed by atoms with van der Waals surface area (Å²) in [7, 11) is 0. The Kier molecular flexibility index (Phi) is 4.57. The first-order chi connectivity index (χ1) is 9.54. The molecule has 20 heavy (non-hydrogen) atoms. The molecule has 0 saturated carbocycles. The van der Waals surface area contributed by atoms with Gasteiger partial charge in [-0.05, 0) is 30.9 Å².